The third kappa shape index (κ3) is 2.45. The lowest BCUT2D eigenvalue weighted by molar-refractivity contribution is -0.118. The molecule has 0 amide bonds. The van der Waals surface area contributed by atoms with Crippen molar-refractivity contribution in [3.05, 3.63) is 18.5 Å². The molecule has 4 saturated carbocycles. The van der Waals surface area contributed by atoms with E-state index in [-0.39, 0.29) is 0 Å². The largest absolute Gasteiger partial charge is 0.460 e. The summed E-state index contributed by atoms with van der Waals surface area (Å²) >= 11 is 0. The van der Waals surface area contributed by atoms with E-state index in [9.17, 15) is 0 Å². The Morgan fingerprint density at radius 3 is 2.50 bits per heavy atom. The van der Waals surface area contributed by atoms with Crippen molar-refractivity contribution in [3.8, 4) is 6.01 Å². The predicted octanol–water partition coefficient (Wildman–Crippen LogP) is 5.66. The van der Waals surface area contributed by atoms with Crippen LogP contribution in [0, 0.1) is 34.5 Å². The first kappa shape index (κ1) is 17.0. The van der Waals surface area contributed by atoms with Gasteiger partial charge in [0.1, 0.15) is 6.10 Å². The monoisotopic (exact) mass is 354 g/mol. The first-order valence-electron chi connectivity index (χ1n) is 11.0. The third-order valence-corrected chi connectivity index (χ3v) is 9.29. The second-order valence-corrected chi connectivity index (χ2v) is 10.2. The van der Waals surface area contributed by atoms with Crippen molar-refractivity contribution in [2.24, 2.45) is 34.5 Å². The average molecular weight is 355 g/mol. The molecular weight excluding hydrogens is 320 g/mol. The van der Waals surface area contributed by atoms with Gasteiger partial charge in [0.25, 0.3) is 0 Å². The van der Waals surface area contributed by atoms with Gasteiger partial charge in [-0.15, -0.1) is 0 Å². The van der Waals surface area contributed by atoms with E-state index in [4.69, 9.17) is 4.74 Å². The fourth-order valence-electron chi connectivity index (χ4n) is 7.91. The Labute approximate surface area is 158 Å². The van der Waals surface area contributed by atoms with E-state index in [1.54, 1.807) is 12.4 Å². The molecular formula is C23H34N2O. The van der Waals surface area contributed by atoms with E-state index >= 15 is 0 Å². The highest BCUT2D eigenvalue weighted by Gasteiger charge is 2.60. The van der Waals surface area contributed by atoms with Gasteiger partial charge in [0, 0.05) is 17.8 Å². The van der Waals surface area contributed by atoms with Crippen LogP contribution in [0.4, 0.5) is 0 Å². The van der Waals surface area contributed by atoms with Crippen LogP contribution in [0.25, 0.3) is 0 Å². The van der Waals surface area contributed by atoms with Crippen LogP contribution in [0.3, 0.4) is 0 Å². The van der Waals surface area contributed by atoms with Crippen molar-refractivity contribution in [1.82, 2.24) is 9.97 Å². The first-order valence-corrected chi connectivity index (χ1v) is 11.0. The summed E-state index contributed by atoms with van der Waals surface area (Å²) in [6.45, 7) is 5.18. The molecule has 3 heteroatoms. The Morgan fingerprint density at radius 2 is 1.65 bits per heavy atom. The number of hydrogen-bond donors (Lipinski definition) is 0. The second-order valence-electron chi connectivity index (χ2n) is 10.2. The van der Waals surface area contributed by atoms with Gasteiger partial charge in [0.15, 0.2) is 0 Å². The van der Waals surface area contributed by atoms with E-state index < -0.39 is 0 Å². The normalized spacial score (nSPS) is 47.5. The molecule has 0 saturated heterocycles. The molecule has 0 aliphatic heterocycles. The van der Waals surface area contributed by atoms with Crippen molar-refractivity contribution in [1.29, 1.82) is 0 Å². The van der Waals surface area contributed by atoms with E-state index in [0.29, 0.717) is 22.9 Å². The maximum absolute atomic E-state index is 6.34. The lowest BCUT2D eigenvalue weighted by Crippen LogP contribution is -2.53. The summed E-state index contributed by atoms with van der Waals surface area (Å²) in [5, 5.41) is 0. The molecule has 4 fully saturated rings. The molecule has 0 radical (unpaired) electrons. The number of ether oxygens (including phenoxy) is 1. The first-order chi connectivity index (χ1) is 12.6. The summed E-state index contributed by atoms with van der Waals surface area (Å²) in [4.78, 5) is 8.65. The molecule has 0 aromatic carbocycles. The molecule has 1 aromatic heterocycles. The predicted molar refractivity (Wildman–Crippen MR) is 103 cm³/mol. The Kier molecular flexibility index (Phi) is 4.06. The number of nitrogens with zero attached hydrogens (tertiary/aromatic N) is 2. The SMILES string of the molecule is C[C@]12CCCCC1CC[C@@H]1[C@H]2CC[C@]2(C)C(Oc3ncccn3)CC[C@@H]12. The topological polar surface area (TPSA) is 35.0 Å². The molecule has 142 valence electrons. The maximum Gasteiger partial charge on any atom is 0.316 e. The lowest BCUT2D eigenvalue weighted by atomic mass is 9.45. The van der Waals surface area contributed by atoms with E-state index in [2.05, 4.69) is 23.8 Å². The highest BCUT2D eigenvalue weighted by atomic mass is 16.5. The number of aromatic nitrogens is 2. The second kappa shape index (κ2) is 6.21. The summed E-state index contributed by atoms with van der Waals surface area (Å²) in [6, 6.07) is 2.44. The number of hydrogen-bond acceptors (Lipinski definition) is 3. The van der Waals surface area contributed by atoms with Gasteiger partial charge in [-0.3, -0.25) is 0 Å². The van der Waals surface area contributed by atoms with Gasteiger partial charge in [0.05, 0.1) is 0 Å². The van der Waals surface area contributed by atoms with Gasteiger partial charge >= 0.3 is 6.01 Å². The third-order valence-electron chi connectivity index (χ3n) is 9.29. The zero-order chi connectivity index (χ0) is 17.8. The van der Waals surface area contributed by atoms with Crippen molar-refractivity contribution in [2.45, 2.75) is 84.2 Å². The summed E-state index contributed by atoms with van der Waals surface area (Å²) < 4.78 is 6.34. The highest BCUT2D eigenvalue weighted by molar-refractivity contribution is 5.10. The quantitative estimate of drug-likeness (QED) is 0.687. The number of rotatable bonds is 2. The molecule has 4 aliphatic rings. The molecule has 26 heavy (non-hydrogen) atoms. The van der Waals surface area contributed by atoms with Gasteiger partial charge in [-0.25, -0.2) is 9.97 Å². The molecule has 1 aromatic rings. The van der Waals surface area contributed by atoms with Gasteiger partial charge in [-0.05, 0) is 86.5 Å². The molecule has 4 aliphatic carbocycles. The summed E-state index contributed by atoms with van der Waals surface area (Å²) in [6.07, 6.45) is 18.0. The smallest absolute Gasteiger partial charge is 0.316 e. The lowest BCUT2D eigenvalue weighted by Gasteiger charge is -2.60. The molecule has 0 bridgehead atoms. The molecule has 2 unspecified atom stereocenters. The Balaban J connectivity index is 1.38. The van der Waals surface area contributed by atoms with Crippen molar-refractivity contribution >= 4 is 0 Å². The summed E-state index contributed by atoms with van der Waals surface area (Å²) in [5.74, 6) is 3.74. The Morgan fingerprint density at radius 1 is 0.846 bits per heavy atom. The van der Waals surface area contributed by atoms with Crippen LogP contribution < -0.4 is 4.74 Å². The Hall–Kier alpha value is -1.12. The minimum absolute atomic E-state index is 0.299. The molecule has 0 N–H and O–H groups in total. The van der Waals surface area contributed by atoms with Crippen LogP contribution in [0.1, 0.15) is 78.1 Å². The van der Waals surface area contributed by atoms with E-state index in [1.165, 1.54) is 64.2 Å². The van der Waals surface area contributed by atoms with Crippen LogP contribution >= 0.6 is 0 Å². The molecule has 0 spiro atoms. The van der Waals surface area contributed by atoms with Gasteiger partial charge in [-0.1, -0.05) is 26.7 Å². The van der Waals surface area contributed by atoms with Crippen molar-refractivity contribution in [3.63, 3.8) is 0 Å². The van der Waals surface area contributed by atoms with Crippen LogP contribution in [0.5, 0.6) is 6.01 Å². The van der Waals surface area contributed by atoms with Crippen LogP contribution in [-0.2, 0) is 0 Å². The van der Waals surface area contributed by atoms with Gasteiger partial charge in [0.2, 0.25) is 0 Å². The molecule has 5 rings (SSSR count). The van der Waals surface area contributed by atoms with Crippen molar-refractivity contribution in [2.75, 3.05) is 0 Å². The fraction of sp³-hybridized carbons (Fsp3) is 0.826. The van der Waals surface area contributed by atoms with Crippen LogP contribution in [0.2, 0.25) is 0 Å². The minimum Gasteiger partial charge on any atom is -0.460 e. The van der Waals surface area contributed by atoms with Crippen LogP contribution in [-0.4, -0.2) is 16.1 Å². The number of fused-ring (bicyclic) bond motifs is 5. The van der Waals surface area contributed by atoms with Crippen LogP contribution in [0.15, 0.2) is 18.5 Å². The highest BCUT2D eigenvalue weighted by Crippen LogP contribution is 2.66. The fourth-order valence-corrected chi connectivity index (χ4v) is 7.91. The summed E-state index contributed by atoms with van der Waals surface area (Å²) in [7, 11) is 0. The van der Waals surface area contributed by atoms with Gasteiger partial charge < -0.3 is 4.74 Å². The minimum atomic E-state index is 0.299. The van der Waals surface area contributed by atoms with E-state index in [0.717, 1.165) is 23.7 Å². The maximum atomic E-state index is 6.34. The molecule has 7 atom stereocenters. The molecule has 1 heterocycles. The molecule has 3 nitrogen and oxygen atoms in total. The Bertz CT molecular complexity index is 649. The zero-order valence-electron chi connectivity index (χ0n) is 16.5. The summed E-state index contributed by atoms with van der Waals surface area (Å²) in [5.41, 5.74) is 0.947. The standard InChI is InChI=1S/C23H34N2O/c1-22-12-4-3-6-16(22)7-8-17-18-9-10-20(23(18,2)13-11-19(17)22)26-21-24-14-5-15-25-21/h5,14-20H,3-4,6-13H2,1-2H3/t16?,17-,18-,19+,20?,22-,23-/m0/s1. The van der Waals surface area contributed by atoms with E-state index in [1.807, 2.05) is 6.07 Å². The van der Waals surface area contributed by atoms with Gasteiger partial charge in [-0.2, -0.15) is 0 Å². The zero-order valence-corrected chi connectivity index (χ0v) is 16.5. The average Bonchev–Trinajstić information content (AvgIpc) is 2.98. The van der Waals surface area contributed by atoms with Crippen molar-refractivity contribution < 1.29 is 4.74 Å².